The van der Waals surface area contributed by atoms with Gasteiger partial charge in [-0.2, -0.15) is 0 Å². The van der Waals surface area contributed by atoms with E-state index < -0.39 is 0 Å². The molecular formula is C12H16BrNO. The van der Waals surface area contributed by atoms with Crippen molar-refractivity contribution in [3.05, 3.63) is 32.7 Å². The summed E-state index contributed by atoms with van der Waals surface area (Å²) in [5.41, 5.74) is 1.27. The van der Waals surface area contributed by atoms with Gasteiger partial charge in [0.1, 0.15) is 0 Å². The first kappa shape index (κ1) is 10.9. The fourth-order valence-electron chi connectivity index (χ4n) is 1.82. The molecule has 0 bridgehead atoms. The number of rotatable bonds is 3. The Morgan fingerprint density at radius 1 is 1.47 bits per heavy atom. The molecule has 0 radical (unpaired) electrons. The minimum atomic E-state index is 0.119. The largest absolute Gasteiger partial charge is 0.311 e. The third kappa shape index (κ3) is 2.33. The Balaban J connectivity index is 2.44. The maximum Gasteiger partial charge on any atom is 0.265 e. The molecule has 0 saturated heterocycles. The molecular weight excluding hydrogens is 254 g/mol. The summed E-state index contributed by atoms with van der Waals surface area (Å²) in [7, 11) is 0. The molecule has 0 spiro atoms. The van der Waals surface area contributed by atoms with Crippen LogP contribution in [0.3, 0.4) is 0 Å². The van der Waals surface area contributed by atoms with Crippen molar-refractivity contribution in [3.63, 3.8) is 0 Å². The van der Waals surface area contributed by atoms with Gasteiger partial charge in [0.25, 0.3) is 5.56 Å². The molecule has 3 heteroatoms. The van der Waals surface area contributed by atoms with Crippen molar-refractivity contribution in [1.29, 1.82) is 0 Å². The van der Waals surface area contributed by atoms with Crippen LogP contribution in [0.5, 0.6) is 0 Å². The van der Waals surface area contributed by atoms with E-state index in [-0.39, 0.29) is 5.56 Å². The van der Waals surface area contributed by atoms with Gasteiger partial charge in [-0.15, -0.1) is 0 Å². The van der Waals surface area contributed by atoms with Crippen LogP contribution in [0.4, 0.5) is 0 Å². The van der Waals surface area contributed by atoms with Crippen LogP contribution in [-0.2, 0) is 6.54 Å². The normalized spacial score (nSPS) is 16.0. The van der Waals surface area contributed by atoms with Crippen molar-refractivity contribution in [2.75, 3.05) is 0 Å². The summed E-state index contributed by atoms with van der Waals surface area (Å²) < 4.78 is 2.61. The fourth-order valence-corrected chi connectivity index (χ4v) is 2.16. The van der Waals surface area contributed by atoms with Crippen LogP contribution < -0.4 is 5.56 Å². The Morgan fingerprint density at radius 3 is 2.67 bits per heavy atom. The van der Waals surface area contributed by atoms with Crippen molar-refractivity contribution in [3.8, 4) is 0 Å². The Hall–Kier alpha value is -0.570. The van der Waals surface area contributed by atoms with Gasteiger partial charge >= 0.3 is 0 Å². The lowest BCUT2D eigenvalue weighted by molar-refractivity contribution is 0.560. The van der Waals surface area contributed by atoms with Crippen molar-refractivity contribution < 1.29 is 0 Å². The number of halogens is 1. The SMILES string of the molecule is CC(C)c1ccc(Br)c(=O)n1CC1CC1. The molecule has 1 aromatic heterocycles. The van der Waals surface area contributed by atoms with Gasteiger partial charge in [0.05, 0.1) is 4.47 Å². The number of nitrogens with zero attached hydrogens (tertiary/aromatic N) is 1. The first-order valence-corrected chi connectivity index (χ1v) is 6.28. The summed E-state index contributed by atoms with van der Waals surface area (Å²) in [6, 6.07) is 3.92. The summed E-state index contributed by atoms with van der Waals surface area (Å²) in [5, 5.41) is 0. The molecule has 1 aromatic rings. The molecule has 1 aliphatic carbocycles. The minimum Gasteiger partial charge on any atom is -0.311 e. The highest BCUT2D eigenvalue weighted by atomic mass is 79.9. The topological polar surface area (TPSA) is 22.0 Å². The van der Waals surface area contributed by atoms with Crippen molar-refractivity contribution in [2.45, 2.75) is 39.2 Å². The number of hydrogen-bond acceptors (Lipinski definition) is 1. The molecule has 15 heavy (non-hydrogen) atoms. The molecule has 2 nitrogen and oxygen atoms in total. The van der Waals surface area contributed by atoms with Gasteiger partial charge in [0.15, 0.2) is 0 Å². The Morgan fingerprint density at radius 2 is 2.13 bits per heavy atom. The summed E-state index contributed by atoms with van der Waals surface area (Å²) >= 11 is 3.31. The lowest BCUT2D eigenvalue weighted by Crippen LogP contribution is -2.25. The molecule has 2 rings (SSSR count). The smallest absolute Gasteiger partial charge is 0.265 e. The second kappa shape index (κ2) is 4.12. The molecule has 82 valence electrons. The molecule has 0 aliphatic heterocycles. The molecule has 0 amide bonds. The van der Waals surface area contributed by atoms with Gasteiger partial charge < -0.3 is 4.57 Å². The third-order valence-electron chi connectivity index (χ3n) is 2.89. The van der Waals surface area contributed by atoms with Gasteiger partial charge in [-0.1, -0.05) is 13.8 Å². The summed E-state index contributed by atoms with van der Waals surface area (Å²) in [6.45, 7) is 5.16. The number of hydrogen-bond donors (Lipinski definition) is 0. The van der Waals surface area contributed by atoms with Crippen LogP contribution in [0.25, 0.3) is 0 Å². The molecule has 0 atom stereocenters. The van der Waals surface area contributed by atoms with Crippen LogP contribution in [0, 0.1) is 5.92 Å². The number of aromatic nitrogens is 1. The molecule has 1 fully saturated rings. The van der Waals surface area contributed by atoms with E-state index in [0.717, 1.165) is 18.2 Å². The predicted molar refractivity (Wildman–Crippen MR) is 65.2 cm³/mol. The monoisotopic (exact) mass is 269 g/mol. The van der Waals surface area contributed by atoms with E-state index in [0.29, 0.717) is 10.4 Å². The van der Waals surface area contributed by atoms with Gasteiger partial charge in [-0.3, -0.25) is 4.79 Å². The molecule has 1 aliphatic rings. The van der Waals surface area contributed by atoms with Crippen molar-refractivity contribution >= 4 is 15.9 Å². The maximum atomic E-state index is 12.0. The van der Waals surface area contributed by atoms with E-state index in [1.165, 1.54) is 12.8 Å². The van der Waals surface area contributed by atoms with E-state index in [1.807, 2.05) is 10.6 Å². The van der Waals surface area contributed by atoms with E-state index >= 15 is 0 Å². The van der Waals surface area contributed by atoms with E-state index in [2.05, 4.69) is 35.8 Å². The maximum absolute atomic E-state index is 12.0. The number of pyridine rings is 1. The lowest BCUT2D eigenvalue weighted by atomic mass is 10.1. The average Bonchev–Trinajstić information content (AvgIpc) is 2.96. The first-order valence-electron chi connectivity index (χ1n) is 5.49. The second-order valence-electron chi connectivity index (χ2n) is 4.62. The average molecular weight is 270 g/mol. The highest BCUT2D eigenvalue weighted by Crippen LogP contribution is 2.31. The van der Waals surface area contributed by atoms with E-state index in [1.54, 1.807) is 0 Å². The van der Waals surface area contributed by atoms with Gasteiger partial charge in [0, 0.05) is 12.2 Å². The quantitative estimate of drug-likeness (QED) is 0.827. The van der Waals surface area contributed by atoms with E-state index in [9.17, 15) is 4.79 Å². The molecule has 1 heterocycles. The zero-order valence-corrected chi connectivity index (χ0v) is 10.8. The van der Waals surface area contributed by atoms with Crippen molar-refractivity contribution in [1.82, 2.24) is 4.57 Å². The lowest BCUT2D eigenvalue weighted by Gasteiger charge is -2.15. The van der Waals surface area contributed by atoms with Crippen LogP contribution in [0.15, 0.2) is 21.4 Å². The summed E-state index contributed by atoms with van der Waals surface area (Å²) in [6.07, 6.45) is 2.55. The third-order valence-corrected chi connectivity index (χ3v) is 3.49. The summed E-state index contributed by atoms with van der Waals surface area (Å²) in [5.74, 6) is 1.14. The summed E-state index contributed by atoms with van der Waals surface area (Å²) in [4.78, 5) is 12.0. The molecule has 0 N–H and O–H groups in total. The van der Waals surface area contributed by atoms with Crippen LogP contribution in [0.2, 0.25) is 0 Å². The van der Waals surface area contributed by atoms with Gasteiger partial charge in [-0.05, 0) is 52.7 Å². The molecule has 0 aromatic carbocycles. The van der Waals surface area contributed by atoms with Crippen LogP contribution in [0.1, 0.15) is 38.3 Å². The Labute approximate surface area is 98.4 Å². The fraction of sp³-hybridized carbons (Fsp3) is 0.583. The first-order chi connectivity index (χ1) is 7.09. The minimum absolute atomic E-state index is 0.119. The van der Waals surface area contributed by atoms with E-state index in [4.69, 9.17) is 0 Å². The van der Waals surface area contributed by atoms with Gasteiger partial charge in [-0.25, -0.2) is 0 Å². The molecule has 1 saturated carbocycles. The highest BCUT2D eigenvalue weighted by Gasteiger charge is 2.24. The molecule has 0 unspecified atom stereocenters. The zero-order valence-electron chi connectivity index (χ0n) is 9.16. The van der Waals surface area contributed by atoms with Crippen LogP contribution >= 0.6 is 15.9 Å². The van der Waals surface area contributed by atoms with Gasteiger partial charge in [0.2, 0.25) is 0 Å². The second-order valence-corrected chi connectivity index (χ2v) is 5.47. The van der Waals surface area contributed by atoms with Crippen LogP contribution in [-0.4, -0.2) is 4.57 Å². The van der Waals surface area contributed by atoms with Crippen molar-refractivity contribution in [2.24, 2.45) is 5.92 Å². The predicted octanol–water partition coefficient (Wildman–Crippen LogP) is 3.14. The zero-order chi connectivity index (χ0) is 11.0. The Bertz CT molecular complexity index is 418. The standard InChI is InChI=1S/C12H16BrNO/c1-8(2)11-6-5-10(13)12(15)14(11)7-9-3-4-9/h5-6,8-9H,3-4,7H2,1-2H3. The highest BCUT2D eigenvalue weighted by molar-refractivity contribution is 9.10. The Kier molecular flexibility index (Phi) is 3.01.